The zero-order valence-electron chi connectivity index (χ0n) is 8.07. The second-order valence-corrected chi connectivity index (χ2v) is 3.10. The van der Waals surface area contributed by atoms with E-state index in [1.165, 1.54) is 30.3 Å². The van der Waals surface area contributed by atoms with E-state index in [-0.39, 0.29) is 11.5 Å². The predicted molar refractivity (Wildman–Crippen MR) is 55.0 cm³/mol. The molecular formula is C11H6FN3O. The van der Waals surface area contributed by atoms with E-state index in [1.54, 1.807) is 6.07 Å². The van der Waals surface area contributed by atoms with Gasteiger partial charge in [-0.25, -0.2) is 9.18 Å². The van der Waals surface area contributed by atoms with Crippen LogP contribution in [0.2, 0.25) is 0 Å². The van der Waals surface area contributed by atoms with Gasteiger partial charge in [-0.15, -0.1) is 0 Å². The Labute approximate surface area is 90.0 Å². The Morgan fingerprint density at radius 1 is 1.31 bits per heavy atom. The molecule has 78 valence electrons. The number of rotatable bonds is 1. The molecule has 5 heteroatoms. The van der Waals surface area contributed by atoms with E-state index in [0.29, 0.717) is 11.3 Å². The third kappa shape index (κ3) is 1.96. The van der Waals surface area contributed by atoms with Crippen LogP contribution in [-0.2, 0) is 0 Å². The largest absolute Gasteiger partial charge is 0.346 e. The summed E-state index contributed by atoms with van der Waals surface area (Å²) < 4.78 is 12.7. The lowest BCUT2D eigenvalue weighted by atomic mass is 10.1. The molecule has 0 amide bonds. The van der Waals surface area contributed by atoms with Crippen molar-refractivity contribution >= 4 is 0 Å². The topological polar surface area (TPSA) is 69.5 Å². The molecular weight excluding hydrogens is 209 g/mol. The van der Waals surface area contributed by atoms with E-state index in [0.717, 1.165) is 0 Å². The van der Waals surface area contributed by atoms with Crippen LogP contribution in [0, 0.1) is 17.1 Å². The van der Waals surface area contributed by atoms with Gasteiger partial charge in [0.25, 0.3) is 0 Å². The number of H-pyrrole nitrogens is 1. The van der Waals surface area contributed by atoms with E-state index in [9.17, 15) is 9.18 Å². The minimum Gasteiger partial charge on any atom is -0.305 e. The summed E-state index contributed by atoms with van der Waals surface area (Å²) in [6.45, 7) is 0. The molecule has 0 aliphatic heterocycles. The average molecular weight is 215 g/mol. The SMILES string of the molecule is N#Cc1cc(-c2ccc(F)cc2)[nH]c(=O)n1. The van der Waals surface area contributed by atoms with Crippen molar-refractivity contribution < 1.29 is 4.39 Å². The summed E-state index contributed by atoms with van der Waals surface area (Å²) in [5.74, 6) is -0.361. The number of hydrogen-bond donors (Lipinski definition) is 1. The summed E-state index contributed by atoms with van der Waals surface area (Å²) in [7, 11) is 0. The van der Waals surface area contributed by atoms with Gasteiger partial charge in [0.1, 0.15) is 17.6 Å². The maximum atomic E-state index is 12.7. The van der Waals surface area contributed by atoms with Gasteiger partial charge in [0.2, 0.25) is 0 Å². The molecule has 1 aromatic carbocycles. The first-order chi connectivity index (χ1) is 7.69. The van der Waals surface area contributed by atoms with E-state index in [4.69, 9.17) is 5.26 Å². The highest BCUT2D eigenvalue weighted by Gasteiger charge is 2.02. The van der Waals surface area contributed by atoms with Gasteiger partial charge in [-0.05, 0) is 35.9 Å². The summed E-state index contributed by atoms with van der Waals surface area (Å²) in [6, 6.07) is 8.81. The Balaban J connectivity index is 2.56. The Morgan fingerprint density at radius 3 is 2.62 bits per heavy atom. The number of aromatic nitrogens is 2. The van der Waals surface area contributed by atoms with E-state index in [1.807, 2.05) is 0 Å². The molecule has 16 heavy (non-hydrogen) atoms. The molecule has 0 fully saturated rings. The molecule has 0 spiro atoms. The summed E-state index contributed by atoms with van der Waals surface area (Å²) in [4.78, 5) is 17.0. The Bertz CT molecular complexity index is 610. The van der Waals surface area contributed by atoms with Gasteiger partial charge in [0.15, 0.2) is 0 Å². The minimum atomic E-state index is -0.599. The van der Waals surface area contributed by atoms with Gasteiger partial charge >= 0.3 is 5.69 Å². The molecule has 0 unspecified atom stereocenters. The van der Waals surface area contributed by atoms with Gasteiger partial charge in [0.05, 0.1) is 5.69 Å². The molecule has 0 saturated carbocycles. The maximum Gasteiger partial charge on any atom is 0.346 e. The Hall–Kier alpha value is -2.48. The predicted octanol–water partition coefficient (Wildman–Crippen LogP) is 1.45. The fourth-order valence-electron chi connectivity index (χ4n) is 1.30. The number of nitrogens with zero attached hydrogens (tertiary/aromatic N) is 2. The minimum absolute atomic E-state index is 0.0306. The average Bonchev–Trinajstić information content (AvgIpc) is 2.29. The molecule has 0 bridgehead atoms. The number of benzene rings is 1. The quantitative estimate of drug-likeness (QED) is 0.782. The summed E-state index contributed by atoms with van der Waals surface area (Å²) in [5, 5.41) is 8.65. The van der Waals surface area contributed by atoms with E-state index < -0.39 is 5.69 Å². The maximum absolute atomic E-state index is 12.7. The number of halogens is 1. The molecule has 1 aromatic heterocycles. The normalized spacial score (nSPS) is 9.75. The van der Waals surface area contributed by atoms with Crippen LogP contribution in [0.1, 0.15) is 5.69 Å². The van der Waals surface area contributed by atoms with Crippen molar-refractivity contribution in [2.75, 3.05) is 0 Å². The highest BCUT2D eigenvalue weighted by molar-refractivity contribution is 5.59. The lowest BCUT2D eigenvalue weighted by Crippen LogP contribution is -2.12. The molecule has 0 atom stereocenters. The summed E-state index contributed by atoms with van der Waals surface area (Å²) in [5.41, 5.74) is 0.496. The zero-order valence-corrected chi connectivity index (χ0v) is 8.07. The van der Waals surface area contributed by atoms with Crippen LogP contribution in [0.15, 0.2) is 35.1 Å². The first kappa shape index (κ1) is 10.1. The lowest BCUT2D eigenvalue weighted by Gasteiger charge is -2.00. The van der Waals surface area contributed by atoms with E-state index in [2.05, 4.69) is 9.97 Å². The van der Waals surface area contributed by atoms with Crippen molar-refractivity contribution in [1.29, 1.82) is 5.26 Å². The van der Waals surface area contributed by atoms with Crippen molar-refractivity contribution in [2.45, 2.75) is 0 Å². The molecule has 0 radical (unpaired) electrons. The molecule has 1 heterocycles. The van der Waals surface area contributed by atoms with Crippen LogP contribution in [-0.4, -0.2) is 9.97 Å². The van der Waals surface area contributed by atoms with Gasteiger partial charge < -0.3 is 4.98 Å². The van der Waals surface area contributed by atoms with Crippen LogP contribution in [0.3, 0.4) is 0 Å². The molecule has 4 nitrogen and oxygen atoms in total. The zero-order chi connectivity index (χ0) is 11.5. The second-order valence-electron chi connectivity index (χ2n) is 3.10. The number of hydrogen-bond acceptors (Lipinski definition) is 3. The van der Waals surface area contributed by atoms with Crippen molar-refractivity contribution in [3.63, 3.8) is 0 Å². The molecule has 0 aliphatic carbocycles. The van der Waals surface area contributed by atoms with Crippen molar-refractivity contribution in [1.82, 2.24) is 9.97 Å². The number of aromatic amines is 1. The molecule has 0 saturated heterocycles. The number of nitriles is 1. The van der Waals surface area contributed by atoms with Crippen molar-refractivity contribution in [3.05, 3.63) is 52.3 Å². The van der Waals surface area contributed by atoms with Crippen molar-refractivity contribution in [3.8, 4) is 17.3 Å². The highest BCUT2D eigenvalue weighted by atomic mass is 19.1. The van der Waals surface area contributed by atoms with E-state index >= 15 is 0 Å². The van der Waals surface area contributed by atoms with Gasteiger partial charge in [-0.3, -0.25) is 0 Å². The van der Waals surface area contributed by atoms with Gasteiger partial charge in [-0.2, -0.15) is 10.2 Å². The fraction of sp³-hybridized carbons (Fsp3) is 0. The van der Waals surface area contributed by atoms with Crippen LogP contribution < -0.4 is 5.69 Å². The molecule has 2 rings (SSSR count). The lowest BCUT2D eigenvalue weighted by molar-refractivity contribution is 0.628. The first-order valence-corrected chi connectivity index (χ1v) is 4.46. The fourth-order valence-corrected chi connectivity index (χ4v) is 1.30. The van der Waals surface area contributed by atoms with Crippen molar-refractivity contribution in [2.24, 2.45) is 0 Å². The van der Waals surface area contributed by atoms with Crippen LogP contribution >= 0.6 is 0 Å². The first-order valence-electron chi connectivity index (χ1n) is 4.46. The smallest absolute Gasteiger partial charge is 0.305 e. The van der Waals surface area contributed by atoms with Crippen LogP contribution in [0.4, 0.5) is 4.39 Å². The molecule has 1 N–H and O–H groups in total. The van der Waals surface area contributed by atoms with Gasteiger partial charge in [0, 0.05) is 0 Å². The van der Waals surface area contributed by atoms with Crippen LogP contribution in [0.25, 0.3) is 11.3 Å². The Morgan fingerprint density at radius 2 is 2.00 bits per heavy atom. The summed E-state index contributed by atoms with van der Waals surface area (Å²) in [6.07, 6.45) is 0. The van der Waals surface area contributed by atoms with Gasteiger partial charge in [-0.1, -0.05) is 0 Å². The van der Waals surface area contributed by atoms with Crippen LogP contribution in [0.5, 0.6) is 0 Å². The Kier molecular flexibility index (Phi) is 2.48. The third-order valence-corrected chi connectivity index (χ3v) is 2.01. The summed E-state index contributed by atoms with van der Waals surface area (Å²) >= 11 is 0. The third-order valence-electron chi connectivity index (χ3n) is 2.01. The molecule has 2 aromatic rings. The standard InChI is InChI=1S/C11H6FN3O/c12-8-3-1-7(2-4-8)10-5-9(6-13)14-11(16)15-10/h1-5H,(H,14,15,16). The second kappa shape index (κ2) is 3.95. The monoisotopic (exact) mass is 215 g/mol. The molecule has 0 aliphatic rings. The highest BCUT2D eigenvalue weighted by Crippen LogP contribution is 2.15. The number of nitrogens with one attached hydrogen (secondary N) is 1.